The maximum absolute atomic E-state index is 12.4. The molecule has 0 radical (unpaired) electrons. The molecule has 3 rings (SSSR count). The maximum atomic E-state index is 12.4. The van der Waals surface area contributed by atoms with Gasteiger partial charge in [0.2, 0.25) is 5.91 Å². The predicted molar refractivity (Wildman–Crippen MR) is 109 cm³/mol. The summed E-state index contributed by atoms with van der Waals surface area (Å²) >= 11 is 0. The van der Waals surface area contributed by atoms with Crippen LogP contribution in [0.3, 0.4) is 0 Å². The second-order valence-corrected chi connectivity index (χ2v) is 7.05. The zero-order chi connectivity index (χ0) is 20.8. The number of nitro groups is 1. The van der Waals surface area contributed by atoms with Crippen molar-refractivity contribution in [3.63, 3.8) is 0 Å². The topological polar surface area (TPSA) is 93.9 Å². The molecule has 1 N–H and O–H groups in total. The molecule has 0 spiro atoms. The summed E-state index contributed by atoms with van der Waals surface area (Å²) < 4.78 is 11.2. The molecule has 2 unspecified atom stereocenters. The van der Waals surface area contributed by atoms with Crippen molar-refractivity contribution in [2.75, 3.05) is 32.1 Å². The van der Waals surface area contributed by atoms with Gasteiger partial charge in [-0.15, -0.1) is 0 Å². The highest BCUT2D eigenvalue weighted by Crippen LogP contribution is 2.29. The number of morpholine rings is 1. The molecule has 8 heteroatoms. The first-order valence-electron chi connectivity index (χ1n) is 9.51. The molecule has 1 aliphatic heterocycles. The number of nitrogens with zero attached hydrogens (tertiary/aromatic N) is 2. The number of nitrogens with one attached hydrogen (secondary N) is 1. The summed E-state index contributed by atoms with van der Waals surface area (Å²) in [6, 6.07) is 14.2. The summed E-state index contributed by atoms with van der Waals surface area (Å²) in [4.78, 5) is 25.0. The highest BCUT2D eigenvalue weighted by molar-refractivity contribution is 5.92. The Hall–Kier alpha value is -2.97. The van der Waals surface area contributed by atoms with Crippen molar-refractivity contribution in [1.82, 2.24) is 4.90 Å². The van der Waals surface area contributed by atoms with Gasteiger partial charge in [0.15, 0.2) is 0 Å². The van der Waals surface area contributed by atoms with Crippen LogP contribution in [0.15, 0.2) is 48.5 Å². The maximum Gasteiger partial charge on any atom is 0.273 e. The van der Waals surface area contributed by atoms with E-state index in [1.54, 1.807) is 0 Å². The third-order valence-corrected chi connectivity index (χ3v) is 4.83. The van der Waals surface area contributed by atoms with E-state index in [1.165, 1.54) is 25.3 Å². The summed E-state index contributed by atoms with van der Waals surface area (Å²) in [5.41, 5.74) is 1.46. The predicted octanol–water partition coefficient (Wildman–Crippen LogP) is 3.39. The SMILES string of the molecule is COc1cc([N+](=O)[O-])ccc1NC(=O)CCN1CC(C)OC(c2ccccc2)C1. The van der Waals surface area contributed by atoms with E-state index in [4.69, 9.17) is 9.47 Å². The van der Waals surface area contributed by atoms with E-state index < -0.39 is 4.92 Å². The van der Waals surface area contributed by atoms with Crippen LogP contribution in [0.5, 0.6) is 5.75 Å². The number of benzene rings is 2. The fourth-order valence-corrected chi connectivity index (χ4v) is 3.44. The van der Waals surface area contributed by atoms with E-state index >= 15 is 0 Å². The summed E-state index contributed by atoms with van der Waals surface area (Å²) in [5, 5.41) is 13.7. The van der Waals surface area contributed by atoms with Gasteiger partial charge in [0.1, 0.15) is 5.75 Å². The minimum absolute atomic E-state index is 0.0159. The molecule has 1 fully saturated rings. The molecule has 1 saturated heterocycles. The molecule has 8 nitrogen and oxygen atoms in total. The summed E-state index contributed by atoms with van der Waals surface area (Å²) in [5.74, 6) is 0.0873. The monoisotopic (exact) mass is 399 g/mol. The summed E-state index contributed by atoms with van der Waals surface area (Å²) in [7, 11) is 1.41. The molecule has 0 bridgehead atoms. The minimum Gasteiger partial charge on any atom is -0.494 e. The molecular weight excluding hydrogens is 374 g/mol. The zero-order valence-corrected chi connectivity index (χ0v) is 16.5. The Morgan fingerprint density at radius 2 is 2.03 bits per heavy atom. The van der Waals surface area contributed by atoms with Crippen LogP contribution in [0.2, 0.25) is 0 Å². The molecule has 0 aromatic heterocycles. The van der Waals surface area contributed by atoms with Crippen molar-refractivity contribution in [2.24, 2.45) is 0 Å². The number of anilines is 1. The molecule has 1 aliphatic rings. The normalized spacial score (nSPS) is 19.5. The first kappa shape index (κ1) is 20.8. The number of hydrogen-bond donors (Lipinski definition) is 1. The van der Waals surface area contributed by atoms with Crippen LogP contribution in [0.1, 0.15) is 25.0 Å². The second-order valence-electron chi connectivity index (χ2n) is 7.05. The highest BCUT2D eigenvalue weighted by atomic mass is 16.6. The lowest BCUT2D eigenvalue weighted by Crippen LogP contribution is -2.43. The molecule has 2 atom stereocenters. The van der Waals surface area contributed by atoms with Gasteiger partial charge < -0.3 is 14.8 Å². The van der Waals surface area contributed by atoms with Gasteiger partial charge in [-0.25, -0.2) is 0 Å². The molecule has 2 aromatic carbocycles. The van der Waals surface area contributed by atoms with Crippen molar-refractivity contribution < 1.29 is 19.2 Å². The largest absolute Gasteiger partial charge is 0.494 e. The number of carbonyl (C=O) groups is 1. The molecule has 1 amide bonds. The third-order valence-electron chi connectivity index (χ3n) is 4.83. The molecule has 2 aromatic rings. The van der Waals surface area contributed by atoms with Gasteiger partial charge in [0.05, 0.1) is 36.0 Å². The van der Waals surface area contributed by atoms with Crippen LogP contribution >= 0.6 is 0 Å². The number of rotatable bonds is 7. The number of non-ortho nitro benzene ring substituents is 1. The van der Waals surface area contributed by atoms with Gasteiger partial charge in [0, 0.05) is 32.1 Å². The van der Waals surface area contributed by atoms with Gasteiger partial charge in [-0.05, 0) is 18.6 Å². The summed E-state index contributed by atoms with van der Waals surface area (Å²) in [6.45, 7) is 4.11. The smallest absolute Gasteiger partial charge is 0.273 e. The lowest BCUT2D eigenvalue weighted by molar-refractivity contribution is -0.384. The van der Waals surface area contributed by atoms with Crippen molar-refractivity contribution in [3.05, 3.63) is 64.2 Å². The average molecular weight is 399 g/mol. The van der Waals surface area contributed by atoms with Gasteiger partial charge in [-0.2, -0.15) is 0 Å². The average Bonchev–Trinajstić information content (AvgIpc) is 2.72. The Morgan fingerprint density at radius 1 is 1.28 bits per heavy atom. The van der Waals surface area contributed by atoms with Gasteiger partial charge in [-0.1, -0.05) is 30.3 Å². The number of amides is 1. The number of methoxy groups -OCH3 is 1. The Kier molecular flexibility index (Phi) is 6.79. The number of ether oxygens (including phenoxy) is 2. The van der Waals surface area contributed by atoms with Crippen molar-refractivity contribution in [1.29, 1.82) is 0 Å². The lowest BCUT2D eigenvalue weighted by atomic mass is 10.1. The van der Waals surface area contributed by atoms with Crippen LogP contribution in [-0.2, 0) is 9.53 Å². The van der Waals surface area contributed by atoms with Crippen LogP contribution < -0.4 is 10.1 Å². The van der Waals surface area contributed by atoms with Crippen LogP contribution in [0, 0.1) is 10.1 Å². The highest BCUT2D eigenvalue weighted by Gasteiger charge is 2.26. The molecule has 154 valence electrons. The lowest BCUT2D eigenvalue weighted by Gasteiger charge is -2.37. The Morgan fingerprint density at radius 3 is 2.72 bits per heavy atom. The van der Waals surface area contributed by atoms with E-state index in [9.17, 15) is 14.9 Å². The van der Waals surface area contributed by atoms with Gasteiger partial charge >= 0.3 is 0 Å². The van der Waals surface area contributed by atoms with Crippen molar-refractivity contribution in [3.8, 4) is 5.75 Å². The van der Waals surface area contributed by atoms with Gasteiger partial charge in [-0.3, -0.25) is 19.8 Å². The fraction of sp³-hybridized carbons (Fsp3) is 0.381. The Labute approximate surface area is 169 Å². The Bertz CT molecular complexity index is 859. The second kappa shape index (κ2) is 9.49. The van der Waals surface area contributed by atoms with E-state index in [2.05, 4.69) is 22.3 Å². The number of hydrogen-bond acceptors (Lipinski definition) is 6. The number of nitro benzene ring substituents is 1. The van der Waals surface area contributed by atoms with E-state index in [0.717, 1.165) is 18.7 Å². The number of carbonyl (C=O) groups excluding carboxylic acids is 1. The zero-order valence-electron chi connectivity index (χ0n) is 16.5. The Balaban J connectivity index is 1.57. The van der Waals surface area contributed by atoms with Crippen LogP contribution in [-0.4, -0.2) is 48.6 Å². The third kappa shape index (κ3) is 5.52. The quantitative estimate of drug-likeness (QED) is 0.567. The molecule has 29 heavy (non-hydrogen) atoms. The van der Waals surface area contributed by atoms with E-state index in [0.29, 0.717) is 18.7 Å². The standard InChI is InChI=1S/C21H25N3O5/c1-15-13-23(14-20(29-15)16-6-4-3-5-7-16)11-10-21(25)22-18-9-8-17(24(26)27)12-19(18)28-2/h3-9,12,15,20H,10-11,13-14H2,1-2H3,(H,22,25). The molecule has 1 heterocycles. The van der Waals surface area contributed by atoms with Crippen molar-refractivity contribution >= 4 is 17.3 Å². The van der Waals surface area contributed by atoms with Gasteiger partial charge in [0.25, 0.3) is 5.69 Å². The molecule has 0 aliphatic carbocycles. The first-order valence-corrected chi connectivity index (χ1v) is 9.51. The fourth-order valence-electron chi connectivity index (χ4n) is 3.44. The van der Waals surface area contributed by atoms with Crippen LogP contribution in [0.25, 0.3) is 0 Å². The van der Waals surface area contributed by atoms with Crippen molar-refractivity contribution in [2.45, 2.75) is 25.6 Å². The van der Waals surface area contributed by atoms with Crippen LogP contribution in [0.4, 0.5) is 11.4 Å². The minimum atomic E-state index is -0.503. The first-order chi connectivity index (χ1) is 14.0. The molecule has 0 saturated carbocycles. The summed E-state index contributed by atoms with van der Waals surface area (Å²) in [6.07, 6.45) is 0.360. The molecular formula is C21H25N3O5. The van der Waals surface area contributed by atoms with E-state index in [-0.39, 0.29) is 29.6 Å². The van der Waals surface area contributed by atoms with E-state index in [1.807, 2.05) is 25.1 Å².